The Morgan fingerprint density at radius 3 is 2.37 bits per heavy atom. The van der Waals surface area contributed by atoms with Crippen molar-refractivity contribution in [3.05, 3.63) is 58.1 Å². The molecule has 0 atom stereocenters. The van der Waals surface area contributed by atoms with Crippen LogP contribution < -0.4 is 15.4 Å². The summed E-state index contributed by atoms with van der Waals surface area (Å²) >= 11 is 6.05. The van der Waals surface area contributed by atoms with Crippen molar-refractivity contribution in [3.8, 4) is 5.75 Å². The Morgan fingerprint density at radius 1 is 1.15 bits per heavy atom. The summed E-state index contributed by atoms with van der Waals surface area (Å²) < 4.78 is 5.21. The molecule has 1 heterocycles. The third-order valence-corrected chi connectivity index (χ3v) is 4.64. The number of ether oxygens (including phenoxy) is 1. The Kier molecular flexibility index (Phi) is 5.32. The lowest BCUT2D eigenvalue weighted by atomic mass is 10.1. The summed E-state index contributed by atoms with van der Waals surface area (Å²) in [6.07, 6.45) is 0. The molecule has 27 heavy (non-hydrogen) atoms. The van der Waals surface area contributed by atoms with Crippen LogP contribution in [0.1, 0.15) is 26.3 Å². The highest BCUT2D eigenvalue weighted by atomic mass is 35.5. The van der Waals surface area contributed by atoms with Crippen LogP contribution in [0.15, 0.2) is 36.4 Å². The average Bonchev–Trinajstić information content (AvgIpc) is 2.89. The first-order chi connectivity index (χ1) is 12.9. The van der Waals surface area contributed by atoms with E-state index in [1.807, 2.05) is 6.92 Å². The number of hydrogen-bond acceptors (Lipinski definition) is 4. The van der Waals surface area contributed by atoms with Gasteiger partial charge in [-0.3, -0.25) is 14.5 Å². The molecule has 2 N–H and O–H groups in total. The number of amides is 4. The molecule has 1 aliphatic rings. The number of methoxy groups -OCH3 is 1. The number of nitrogens with one attached hydrogen (secondary N) is 2. The van der Waals surface area contributed by atoms with Gasteiger partial charge in [0.25, 0.3) is 11.8 Å². The maximum atomic E-state index is 12.3. The van der Waals surface area contributed by atoms with Crippen molar-refractivity contribution in [1.82, 2.24) is 10.2 Å². The van der Waals surface area contributed by atoms with E-state index < -0.39 is 6.03 Å². The Labute approximate surface area is 161 Å². The van der Waals surface area contributed by atoms with E-state index in [0.29, 0.717) is 27.6 Å². The molecule has 140 valence electrons. The van der Waals surface area contributed by atoms with Gasteiger partial charge in [-0.05, 0) is 30.7 Å². The number of fused-ring (bicyclic) bond motifs is 1. The largest absolute Gasteiger partial charge is 0.495 e. The second kappa shape index (κ2) is 7.67. The van der Waals surface area contributed by atoms with Crippen LogP contribution in [-0.4, -0.2) is 42.9 Å². The van der Waals surface area contributed by atoms with E-state index in [1.165, 1.54) is 7.11 Å². The van der Waals surface area contributed by atoms with Gasteiger partial charge in [-0.1, -0.05) is 23.7 Å². The van der Waals surface area contributed by atoms with Crippen molar-refractivity contribution in [1.29, 1.82) is 0 Å². The monoisotopic (exact) mass is 387 g/mol. The lowest BCUT2D eigenvalue weighted by Gasteiger charge is -2.15. The molecule has 0 spiro atoms. The zero-order chi connectivity index (χ0) is 19.6. The zero-order valence-electron chi connectivity index (χ0n) is 14.8. The molecule has 0 bridgehead atoms. The Morgan fingerprint density at radius 2 is 1.78 bits per heavy atom. The first-order valence-electron chi connectivity index (χ1n) is 8.26. The van der Waals surface area contributed by atoms with Crippen molar-refractivity contribution >= 4 is 35.1 Å². The minimum atomic E-state index is -0.480. The Balaban J connectivity index is 1.58. The number of hydrogen-bond donors (Lipinski definition) is 2. The third-order valence-electron chi connectivity index (χ3n) is 4.23. The highest BCUT2D eigenvalue weighted by Gasteiger charge is 2.34. The molecule has 2 aromatic rings. The maximum Gasteiger partial charge on any atom is 0.319 e. The first-order valence-corrected chi connectivity index (χ1v) is 8.64. The highest BCUT2D eigenvalue weighted by molar-refractivity contribution is 6.31. The summed E-state index contributed by atoms with van der Waals surface area (Å²) in [4.78, 5) is 37.8. The summed E-state index contributed by atoms with van der Waals surface area (Å²) in [5.41, 5.74) is 2.03. The highest BCUT2D eigenvalue weighted by Crippen LogP contribution is 2.30. The lowest BCUT2D eigenvalue weighted by molar-refractivity contribution is 0.0656. The van der Waals surface area contributed by atoms with Crippen molar-refractivity contribution in [2.75, 3.05) is 25.5 Å². The molecule has 8 heteroatoms. The predicted molar refractivity (Wildman–Crippen MR) is 102 cm³/mol. The minimum Gasteiger partial charge on any atom is -0.495 e. The van der Waals surface area contributed by atoms with Crippen LogP contribution in [0.5, 0.6) is 5.75 Å². The lowest BCUT2D eigenvalue weighted by Crippen LogP contribution is -2.39. The summed E-state index contributed by atoms with van der Waals surface area (Å²) in [6, 6.07) is 9.49. The number of rotatable bonds is 5. The van der Waals surface area contributed by atoms with Gasteiger partial charge in [0.2, 0.25) is 0 Å². The van der Waals surface area contributed by atoms with Crippen LogP contribution in [0.25, 0.3) is 0 Å². The number of benzene rings is 2. The number of halogens is 1. The molecule has 0 fully saturated rings. The van der Waals surface area contributed by atoms with Gasteiger partial charge in [0, 0.05) is 24.2 Å². The van der Waals surface area contributed by atoms with Gasteiger partial charge in [-0.2, -0.15) is 0 Å². The number of nitrogens with zero attached hydrogens (tertiary/aromatic N) is 1. The molecule has 1 aliphatic heterocycles. The molecule has 0 aliphatic carbocycles. The molecule has 4 amide bonds. The van der Waals surface area contributed by atoms with E-state index in [1.54, 1.807) is 36.4 Å². The molecule has 0 saturated heterocycles. The number of anilines is 1. The average molecular weight is 388 g/mol. The molecule has 3 rings (SSSR count). The van der Waals surface area contributed by atoms with Gasteiger partial charge in [0.1, 0.15) is 5.75 Å². The van der Waals surface area contributed by atoms with Gasteiger partial charge in [-0.25, -0.2) is 4.79 Å². The quantitative estimate of drug-likeness (QED) is 0.772. The summed E-state index contributed by atoms with van der Waals surface area (Å²) in [5, 5.41) is 5.83. The molecule has 2 aromatic carbocycles. The minimum absolute atomic E-state index is 0.0799. The molecule has 0 unspecified atom stereocenters. The number of aryl methyl sites for hydroxylation is 1. The van der Waals surface area contributed by atoms with Crippen LogP contribution in [0, 0.1) is 6.92 Å². The topological polar surface area (TPSA) is 87.7 Å². The predicted octanol–water partition coefficient (Wildman–Crippen LogP) is 3.07. The second-order valence-electron chi connectivity index (χ2n) is 5.99. The molecule has 7 nitrogen and oxygen atoms in total. The number of urea groups is 1. The van der Waals surface area contributed by atoms with E-state index >= 15 is 0 Å². The van der Waals surface area contributed by atoms with Crippen molar-refractivity contribution in [2.24, 2.45) is 0 Å². The second-order valence-corrected chi connectivity index (χ2v) is 6.40. The Bertz CT molecular complexity index is 894. The first kappa shape index (κ1) is 18.7. The van der Waals surface area contributed by atoms with Gasteiger partial charge < -0.3 is 15.4 Å². The van der Waals surface area contributed by atoms with E-state index in [9.17, 15) is 14.4 Å². The molecule has 0 radical (unpaired) electrons. The van der Waals surface area contributed by atoms with Crippen LogP contribution in [0.4, 0.5) is 10.5 Å². The fraction of sp³-hybridized carbons (Fsp3) is 0.211. The van der Waals surface area contributed by atoms with Gasteiger partial charge in [0.05, 0.1) is 23.9 Å². The fourth-order valence-corrected chi connectivity index (χ4v) is 2.97. The Hall–Kier alpha value is -3.06. The summed E-state index contributed by atoms with van der Waals surface area (Å²) in [7, 11) is 1.48. The third kappa shape index (κ3) is 3.73. The van der Waals surface area contributed by atoms with Crippen molar-refractivity contribution < 1.29 is 19.1 Å². The smallest absolute Gasteiger partial charge is 0.319 e. The van der Waals surface area contributed by atoms with Crippen LogP contribution in [0.2, 0.25) is 5.02 Å². The standard InChI is InChI=1S/C19H18ClN3O4/c1-11-9-15(16(27-2)10-14(11)20)22-19(26)21-7-8-23-17(24)12-5-3-4-6-13(12)18(23)25/h3-6,9-10H,7-8H2,1-2H3,(H2,21,22,26). The van der Waals surface area contributed by atoms with Crippen LogP contribution >= 0.6 is 11.6 Å². The summed E-state index contributed by atoms with van der Waals surface area (Å²) in [6.45, 7) is 2.01. The molecular formula is C19H18ClN3O4. The fourth-order valence-electron chi connectivity index (χ4n) is 2.82. The molecule has 0 saturated carbocycles. The SMILES string of the molecule is COc1cc(Cl)c(C)cc1NC(=O)NCCN1C(=O)c2ccccc2C1=O. The normalized spacial score (nSPS) is 12.8. The van der Waals surface area contributed by atoms with Gasteiger partial charge in [0.15, 0.2) is 0 Å². The van der Waals surface area contributed by atoms with Crippen LogP contribution in [0.3, 0.4) is 0 Å². The van der Waals surface area contributed by atoms with Crippen LogP contribution in [-0.2, 0) is 0 Å². The van der Waals surface area contributed by atoms with E-state index in [4.69, 9.17) is 16.3 Å². The van der Waals surface area contributed by atoms with Crippen molar-refractivity contribution in [3.63, 3.8) is 0 Å². The molecular weight excluding hydrogens is 370 g/mol. The van der Waals surface area contributed by atoms with E-state index in [0.717, 1.165) is 10.5 Å². The van der Waals surface area contributed by atoms with E-state index in [2.05, 4.69) is 10.6 Å². The maximum absolute atomic E-state index is 12.3. The van der Waals surface area contributed by atoms with E-state index in [-0.39, 0.29) is 24.9 Å². The molecule has 0 aromatic heterocycles. The summed E-state index contributed by atoms with van der Waals surface area (Å²) in [5.74, 6) is -0.276. The number of imide groups is 1. The number of carbonyl (C=O) groups excluding carboxylic acids is 3. The number of carbonyl (C=O) groups is 3. The van der Waals surface area contributed by atoms with Crippen molar-refractivity contribution in [2.45, 2.75) is 6.92 Å². The van der Waals surface area contributed by atoms with Gasteiger partial charge in [-0.15, -0.1) is 0 Å². The zero-order valence-corrected chi connectivity index (χ0v) is 15.6. The van der Waals surface area contributed by atoms with Gasteiger partial charge >= 0.3 is 6.03 Å².